The fraction of sp³-hybridized carbons (Fsp3) is 0.286. The van der Waals surface area contributed by atoms with Gasteiger partial charge in [-0.25, -0.2) is 13.1 Å². The Morgan fingerprint density at radius 3 is 2.50 bits per heavy atom. The van der Waals surface area contributed by atoms with Crippen LogP contribution < -0.4 is 10.0 Å². The lowest BCUT2D eigenvalue weighted by Crippen LogP contribution is -2.24. The summed E-state index contributed by atoms with van der Waals surface area (Å²) < 4.78 is 26.4. The lowest BCUT2D eigenvalue weighted by Gasteiger charge is -2.08. The zero-order valence-electron chi connectivity index (χ0n) is 11.3. The van der Waals surface area contributed by atoms with E-state index in [9.17, 15) is 8.42 Å². The van der Waals surface area contributed by atoms with Crippen LogP contribution in [0.15, 0.2) is 46.7 Å². The van der Waals surface area contributed by atoms with Gasteiger partial charge in [0, 0.05) is 23.7 Å². The highest BCUT2D eigenvalue weighted by molar-refractivity contribution is 7.89. The Kier molecular flexibility index (Phi) is 5.17. The summed E-state index contributed by atoms with van der Waals surface area (Å²) in [6.45, 7) is 3.14. The molecule has 2 N–H and O–H groups in total. The van der Waals surface area contributed by atoms with Crippen molar-refractivity contribution in [3.63, 3.8) is 0 Å². The van der Waals surface area contributed by atoms with Crippen LogP contribution in [0.5, 0.6) is 0 Å². The Hall–Kier alpha value is -1.37. The Bertz CT molecular complexity index is 620. The molecule has 0 bridgehead atoms. The molecule has 0 saturated heterocycles. The van der Waals surface area contributed by atoms with Crippen molar-refractivity contribution >= 4 is 27.0 Å². The van der Waals surface area contributed by atoms with Gasteiger partial charge in [0.25, 0.3) is 0 Å². The molecule has 0 spiro atoms. The zero-order chi connectivity index (χ0) is 14.4. The van der Waals surface area contributed by atoms with E-state index in [4.69, 9.17) is 0 Å². The van der Waals surface area contributed by atoms with Gasteiger partial charge >= 0.3 is 0 Å². The molecule has 0 fully saturated rings. The number of anilines is 1. The number of hydrogen-bond acceptors (Lipinski definition) is 4. The molecule has 0 aliphatic rings. The predicted octanol–water partition coefficient (Wildman–Crippen LogP) is 3.05. The second-order valence-electron chi connectivity index (χ2n) is 4.36. The number of rotatable bonds is 7. The molecule has 2 aromatic rings. The molecule has 108 valence electrons. The quantitative estimate of drug-likeness (QED) is 0.826. The molecule has 6 heteroatoms. The smallest absolute Gasteiger partial charge is 0.240 e. The van der Waals surface area contributed by atoms with Crippen LogP contribution in [-0.2, 0) is 16.6 Å². The maximum atomic E-state index is 11.9. The molecular formula is C14H18N2O2S2. The van der Waals surface area contributed by atoms with Crippen LogP contribution in [-0.4, -0.2) is 15.0 Å². The van der Waals surface area contributed by atoms with E-state index in [0.29, 0.717) is 11.4 Å². The Labute approximate surface area is 123 Å². The van der Waals surface area contributed by atoms with E-state index < -0.39 is 10.0 Å². The first-order chi connectivity index (χ1) is 9.62. The van der Waals surface area contributed by atoms with Gasteiger partial charge in [-0.05, 0) is 42.1 Å². The monoisotopic (exact) mass is 310 g/mol. The molecule has 1 heterocycles. The van der Waals surface area contributed by atoms with E-state index in [2.05, 4.69) is 16.1 Å². The maximum absolute atomic E-state index is 11.9. The van der Waals surface area contributed by atoms with Crippen LogP contribution in [0, 0.1) is 0 Å². The van der Waals surface area contributed by atoms with Crippen molar-refractivity contribution < 1.29 is 8.42 Å². The number of hydrogen-bond donors (Lipinski definition) is 2. The first kappa shape index (κ1) is 15.0. The first-order valence-electron chi connectivity index (χ1n) is 6.48. The summed E-state index contributed by atoms with van der Waals surface area (Å²) in [5.41, 5.74) is 0.910. The van der Waals surface area contributed by atoms with Crippen molar-refractivity contribution in [3.05, 3.63) is 46.7 Å². The number of sulfonamides is 1. The highest BCUT2D eigenvalue weighted by Crippen LogP contribution is 2.16. The maximum Gasteiger partial charge on any atom is 0.240 e. The van der Waals surface area contributed by atoms with E-state index in [1.807, 2.05) is 18.4 Å². The van der Waals surface area contributed by atoms with Crippen LogP contribution in [0.1, 0.15) is 18.2 Å². The van der Waals surface area contributed by atoms with E-state index in [1.54, 1.807) is 35.6 Å². The molecule has 20 heavy (non-hydrogen) atoms. The Morgan fingerprint density at radius 1 is 1.15 bits per heavy atom. The molecule has 4 nitrogen and oxygen atoms in total. The third-order valence-corrected chi connectivity index (χ3v) is 5.11. The molecule has 0 radical (unpaired) electrons. The summed E-state index contributed by atoms with van der Waals surface area (Å²) in [5.74, 6) is 0. The molecule has 1 aromatic carbocycles. The molecule has 0 aliphatic heterocycles. The summed E-state index contributed by atoms with van der Waals surface area (Å²) in [7, 11) is -3.37. The van der Waals surface area contributed by atoms with E-state index in [0.717, 1.165) is 18.7 Å². The lowest BCUT2D eigenvalue weighted by molar-refractivity contribution is 0.581. The van der Waals surface area contributed by atoms with Gasteiger partial charge in [0.1, 0.15) is 0 Å². The highest BCUT2D eigenvalue weighted by Gasteiger charge is 2.12. The minimum absolute atomic E-state index is 0.299. The van der Waals surface area contributed by atoms with Crippen molar-refractivity contribution in [2.75, 3.05) is 11.9 Å². The second kappa shape index (κ2) is 6.88. The molecule has 0 aliphatic carbocycles. The lowest BCUT2D eigenvalue weighted by atomic mass is 10.3. The van der Waals surface area contributed by atoms with Gasteiger partial charge in [-0.1, -0.05) is 13.0 Å². The van der Waals surface area contributed by atoms with Gasteiger partial charge < -0.3 is 5.32 Å². The van der Waals surface area contributed by atoms with Gasteiger partial charge in [-0.3, -0.25) is 0 Å². The SMILES string of the molecule is CCCNS(=O)(=O)c1ccc(NCc2cccs2)cc1. The average Bonchev–Trinajstić information content (AvgIpc) is 2.97. The predicted molar refractivity (Wildman–Crippen MR) is 83.6 cm³/mol. The van der Waals surface area contributed by atoms with Crippen molar-refractivity contribution in [2.24, 2.45) is 0 Å². The minimum atomic E-state index is -3.37. The van der Waals surface area contributed by atoms with Crippen LogP contribution in [0.25, 0.3) is 0 Å². The summed E-state index contributed by atoms with van der Waals surface area (Å²) >= 11 is 1.69. The third-order valence-electron chi connectivity index (χ3n) is 2.75. The molecular weight excluding hydrogens is 292 g/mol. The minimum Gasteiger partial charge on any atom is -0.380 e. The van der Waals surface area contributed by atoms with Crippen LogP contribution in [0.2, 0.25) is 0 Å². The summed E-state index contributed by atoms with van der Waals surface area (Å²) in [5, 5.41) is 5.30. The number of nitrogens with one attached hydrogen (secondary N) is 2. The number of thiophene rings is 1. The van der Waals surface area contributed by atoms with Gasteiger partial charge in [-0.2, -0.15) is 0 Å². The standard InChI is InChI=1S/C14H18N2O2S2/c1-2-9-16-20(17,18)14-7-5-12(6-8-14)15-11-13-4-3-10-19-13/h3-8,10,15-16H,2,9,11H2,1H3. The van der Waals surface area contributed by atoms with Crippen molar-refractivity contribution in [1.29, 1.82) is 0 Å². The van der Waals surface area contributed by atoms with Gasteiger partial charge in [-0.15, -0.1) is 11.3 Å². The van der Waals surface area contributed by atoms with Gasteiger partial charge in [0.05, 0.1) is 4.90 Å². The van der Waals surface area contributed by atoms with E-state index >= 15 is 0 Å². The summed E-state index contributed by atoms with van der Waals surface area (Å²) in [4.78, 5) is 1.54. The average molecular weight is 310 g/mol. The fourth-order valence-corrected chi connectivity index (χ4v) is 3.45. The second-order valence-corrected chi connectivity index (χ2v) is 7.15. The summed E-state index contributed by atoms with van der Waals surface area (Å²) in [6.07, 6.45) is 0.777. The highest BCUT2D eigenvalue weighted by atomic mass is 32.2. The molecule has 0 saturated carbocycles. The third kappa shape index (κ3) is 4.06. The Morgan fingerprint density at radius 2 is 1.90 bits per heavy atom. The molecule has 1 aromatic heterocycles. The summed E-state index contributed by atoms with van der Waals surface area (Å²) in [6, 6.07) is 10.9. The topological polar surface area (TPSA) is 58.2 Å². The molecule has 0 unspecified atom stereocenters. The molecule has 0 atom stereocenters. The fourth-order valence-electron chi connectivity index (χ4n) is 1.67. The van der Waals surface area contributed by atoms with Crippen molar-refractivity contribution in [1.82, 2.24) is 4.72 Å². The first-order valence-corrected chi connectivity index (χ1v) is 8.84. The van der Waals surface area contributed by atoms with Crippen LogP contribution >= 0.6 is 11.3 Å². The van der Waals surface area contributed by atoms with E-state index in [1.165, 1.54) is 4.88 Å². The molecule has 2 rings (SSSR count). The normalized spacial score (nSPS) is 11.4. The van der Waals surface area contributed by atoms with Crippen LogP contribution in [0.4, 0.5) is 5.69 Å². The van der Waals surface area contributed by atoms with Gasteiger partial charge in [0.2, 0.25) is 10.0 Å². The van der Waals surface area contributed by atoms with E-state index in [-0.39, 0.29) is 0 Å². The molecule has 0 amide bonds. The van der Waals surface area contributed by atoms with Crippen molar-refractivity contribution in [3.8, 4) is 0 Å². The Balaban J connectivity index is 1.99. The zero-order valence-corrected chi connectivity index (χ0v) is 12.9. The van der Waals surface area contributed by atoms with Crippen molar-refractivity contribution in [2.45, 2.75) is 24.8 Å². The largest absolute Gasteiger partial charge is 0.380 e. The van der Waals surface area contributed by atoms with Gasteiger partial charge in [0.15, 0.2) is 0 Å². The number of benzene rings is 1. The van der Waals surface area contributed by atoms with Crippen LogP contribution in [0.3, 0.4) is 0 Å².